The molecule has 1 N–H and O–H groups in total. The molecule has 1 saturated heterocycles. The first-order valence-electron chi connectivity index (χ1n) is 11.2. The van der Waals surface area contributed by atoms with Crippen LogP contribution in [0.5, 0.6) is 0 Å². The van der Waals surface area contributed by atoms with Crippen LogP contribution >= 0.6 is 0 Å². The van der Waals surface area contributed by atoms with Crippen LogP contribution in [0.3, 0.4) is 0 Å². The number of hydrogen-bond acceptors (Lipinski definition) is 5. The molecule has 2 aliphatic rings. The normalized spacial score (nSPS) is 19.5. The van der Waals surface area contributed by atoms with Crippen LogP contribution in [-0.2, 0) is 4.79 Å². The van der Waals surface area contributed by atoms with Crippen LogP contribution in [0.25, 0.3) is 0 Å². The first-order valence-corrected chi connectivity index (χ1v) is 11.2. The molecule has 168 valence electrons. The lowest BCUT2D eigenvalue weighted by molar-refractivity contribution is -0.117. The molecule has 3 amide bonds. The molecule has 2 aliphatic heterocycles. The maximum Gasteiger partial charge on any atom is 0.261 e. The van der Waals surface area contributed by atoms with Gasteiger partial charge < -0.3 is 5.32 Å². The second kappa shape index (κ2) is 9.22. The van der Waals surface area contributed by atoms with Crippen LogP contribution < -0.4 is 5.32 Å². The first-order chi connectivity index (χ1) is 15.4. The lowest BCUT2D eigenvalue weighted by Crippen LogP contribution is -2.42. The highest BCUT2D eigenvalue weighted by Crippen LogP contribution is 2.27. The van der Waals surface area contributed by atoms with Gasteiger partial charge in [0.15, 0.2) is 0 Å². The molecule has 7 heteroatoms. The summed E-state index contributed by atoms with van der Waals surface area (Å²) in [7, 11) is 1.46. The standard InChI is InChI=1S/C25H30N4O3/c1-4-28(20-12-13-29(15-20)17(2)18-8-6-5-7-9-18)16-23(30)26-19-10-11-21-22(14-19)25(32)27(3)24(21)31/h5-11,14,17,20H,4,12-13,15-16H2,1-3H3,(H,26,30). The van der Waals surface area contributed by atoms with Crippen molar-refractivity contribution in [3.05, 3.63) is 65.2 Å². The molecule has 0 bridgehead atoms. The quantitative estimate of drug-likeness (QED) is 0.679. The Kier molecular flexibility index (Phi) is 6.39. The number of anilines is 1. The lowest BCUT2D eigenvalue weighted by Gasteiger charge is -2.29. The largest absolute Gasteiger partial charge is 0.325 e. The van der Waals surface area contributed by atoms with E-state index in [-0.39, 0.29) is 17.7 Å². The minimum atomic E-state index is -0.338. The molecule has 32 heavy (non-hydrogen) atoms. The van der Waals surface area contributed by atoms with E-state index >= 15 is 0 Å². The fraction of sp³-hybridized carbons (Fsp3) is 0.400. The molecule has 2 aromatic carbocycles. The molecule has 7 nitrogen and oxygen atoms in total. The Labute approximate surface area is 189 Å². The summed E-state index contributed by atoms with van der Waals surface area (Å²) in [4.78, 5) is 42.8. The Bertz CT molecular complexity index is 1020. The Morgan fingerprint density at radius 3 is 2.56 bits per heavy atom. The Morgan fingerprint density at radius 1 is 1.12 bits per heavy atom. The molecule has 0 radical (unpaired) electrons. The number of fused-ring (bicyclic) bond motifs is 1. The van der Waals surface area contributed by atoms with Gasteiger partial charge in [-0.3, -0.25) is 29.1 Å². The van der Waals surface area contributed by atoms with Gasteiger partial charge in [-0.15, -0.1) is 0 Å². The van der Waals surface area contributed by atoms with Gasteiger partial charge in [0.05, 0.1) is 17.7 Å². The molecule has 2 unspecified atom stereocenters. The van der Waals surface area contributed by atoms with Crippen LogP contribution in [0.2, 0.25) is 0 Å². The minimum absolute atomic E-state index is 0.119. The Morgan fingerprint density at radius 2 is 1.84 bits per heavy atom. The zero-order chi connectivity index (χ0) is 22.8. The van der Waals surface area contributed by atoms with Crippen LogP contribution in [0.1, 0.15) is 52.6 Å². The molecule has 4 rings (SSSR count). The number of likely N-dealkylation sites (N-methyl/N-ethyl adjacent to an activating group) is 1. The number of carbonyl (C=O) groups is 3. The summed E-state index contributed by atoms with van der Waals surface area (Å²) >= 11 is 0. The number of nitrogens with zero attached hydrogens (tertiary/aromatic N) is 3. The monoisotopic (exact) mass is 434 g/mol. The van der Waals surface area contributed by atoms with Gasteiger partial charge in [0, 0.05) is 37.9 Å². The van der Waals surface area contributed by atoms with Gasteiger partial charge in [0.25, 0.3) is 11.8 Å². The van der Waals surface area contributed by atoms with Crippen molar-refractivity contribution in [3.8, 4) is 0 Å². The molecular formula is C25H30N4O3. The number of imide groups is 1. The molecule has 0 aliphatic carbocycles. The average Bonchev–Trinajstić information content (AvgIpc) is 3.38. The Balaban J connectivity index is 1.36. The van der Waals surface area contributed by atoms with Gasteiger partial charge in [0.1, 0.15) is 0 Å². The summed E-state index contributed by atoms with van der Waals surface area (Å²) in [6, 6.07) is 16.0. The molecule has 2 aromatic rings. The van der Waals surface area contributed by atoms with Gasteiger partial charge in [-0.25, -0.2) is 0 Å². The third kappa shape index (κ3) is 4.31. The van der Waals surface area contributed by atoms with E-state index in [9.17, 15) is 14.4 Å². The highest BCUT2D eigenvalue weighted by atomic mass is 16.2. The van der Waals surface area contributed by atoms with Crippen LogP contribution in [0.15, 0.2) is 48.5 Å². The van der Waals surface area contributed by atoms with Crippen molar-refractivity contribution in [2.45, 2.75) is 32.4 Å². The van der Waals surface area contributed by atoms with Crippen molar-refractivity contribution in [1.82, 2.24) is 14.7 Å². The van der Waals surface area contributed by atoms with E-state index in [1.54, 1.807) is 18.2 Å². The van der Waals surface area contributed by atoms with E-state index in [1.165, 1.54) is 12.6 Å². The SMILES string of the molecule is CCN(CC(=O)Nc1ccc2c(c1)C(=O)N(C)C2=O)C1CCN(C(C)c2ccccc2)C1. The van der Waals surface area contributed by atoms with Gasteiger partial charge in [-0.05, 0) is 43.7 Å². The molecule has 0 aromatic heterocycles. The van der Waals surface area contributed by atoms with Crippen LogP contribution in [-0.4, -0.2) is 71.7 Å². The summed E-state index contributed by atoms with van der Waals surface area (Å²) in [5.74, 6) is -0.767. The van der Waals surface area contributed by atoms with Crippen LogP contribution in [0, 0.1) is 0 Å². The number of rotatable bonds is 7. The summed E-state index contributed by atoms with van der Waals surface area (Å²) < 4.78 is 0. The fourth-order valence-electron chi connectivity index (χ4n) is 4.68. The average molecular weight is 435 g/mol. The van der Waals surface area contributed by atoms with E-state index in [4.69, 9.17) is 0 Å². The zero-order valence-electron chi connectivity index (χ0n) is 18.9. The smallest absolute Gasteiger partial charge is 0.261 e. The van der Waals surface area contributed by atoms with Gasteiger partial charge in [-0.2, -0.15) is 0 Å². The number of nitrogens with one attached hydrogen (secondary N) is 1. The van der Waals surface area contributed by atoms with E-state index in [1.807, 2.05) is 6.07 Å². The molecular weight excluding hydrogens is 404 g/mol. The predicted molar refractivity (Wildman–Crippen MR) is 124 cm³/mol. The summed E-state index contributed by atoms with van der Waals surface area (Å²) in [6.45, 7) is 7.32. The van der Waals surface area contributed by atoms with Crippen molar-refractivity contribution in [1.29, 1.82) is 0 Å². The molecule has 0 saturated carbocycles. The fourth-order valence-corrected chi connectivity index (χ4v) is 4.68. The van der Waals surface area contributed by atoms with E-state index in [2.05, 4.69) is 53.2 Å². The second-order valence-corrected chi connectivity index (χ2v) is 8.57. The highest BCUT2D eigenvalue weighted by Gasteiger charge is 2.33. The number of benzene rings is 2. The maximum absolute atomic E-state index is 12.8. The van der Waals surface area contributed by atoms with Gasteiger partial charge >= 0.3 is 0 Å². The Hall–Kier alpha value is -3.03. The molecule has 2 atom stereocenters. The van der Waals surface area contributed by atoms with Crippen molar-refractivity contribution in [2.75, 3.05) is 38.5 Å². The number of amides is 3. The summed E-state index contributed by atoms with van der Waals surface area (Å²) in [5.41, 5.74) is 2.56. The number of carbonyl (C=O) groups excluding carboxylic acids is 3. The topological polar surface area (TPSA) is 73.0 Å². The summed E-state index contributed by atoms with van der Waals surface area (Å²) in [6.07, 6.45) is 1.03. The van der Waals surface area contributed by atoms with Gasteiger partial charge in [0.2, 0.25) is 5.91 Å². The third-order valence-electron chi connectivity index (χ3n) is 6.67. The number of likely N-dealkylation sites (tertiary alicyclic amines) is 1. The van der Waals surface area contributed by atoms with Gasteiger partial charge in [-0.1, -0.05) is 37.3 Å². The van der Waals surface area contributed by atoms with Crippen LogP contribution in [0.4, 0.5) is 5.69 Å². The third-order valence-corrected chi connectivity index (χ3v) is 6.67. The molecule has 1 fully saturated rings. The minimum Gasteiger partial charge on any atom is -0.325 e. The lowest BCUT2D eigenvalue weighted by atomic mass is 10.1. The van der Waals surface area contributed by atoms with E-state index in [0.717, 1.165) is 31.0 Å². The predicted octanol–water partition coefficient (Wildman–Crippen LogP) is 3.01. The van der Waals surface area contributed by atoms with E-state index in [0.29, 0.717) is 35.4 Å². The maximum atomic E-state index is 12.8. The van der Waals surface area contributed by atoms with Crippen molar-refractivity contribution < 1.29 is 14.4 Å². The van der Waals surface area contributed by atoms with Crippen molar-refractivity contribution >= 4 is 23.4 Å². The first kappa shape index (κ1) is 22.2. The number of hydrogen-bond donors (Lipinski definition) is 1. The van der Waals surface area contributed by atoms with E-state index < -0.39 is 0 Å². The zero-order valence-corrected chi connectivity index (χ0v) is 18.9. The molecule has 2 heterocycles. The van der Waals surface area contributed by atoms with Crippen molar-refractivity contribution in [2.24, 2.45) is 0 Å². The second-order valence-electron chi connectivity index (χ2n) is 8.57. The highest BCUT2D eigenvalue weighted by molar-refractivity contribution is 6.21. The molecule has 0 spiro atoms. The summed E-state index contributed by atoms with van der Waals surface area (Å²) in [5, 5.41) is 2.89. The van der Waals surface area contributed by atoms with Crippen molar-refractivity contribution in [3.63, 3.8) is 0 Å².